The van der Waals surface area contributed by atoms with E-state index in [0.29, 0.717) is 0 Å². The zero-order chi connectivity index (χ0) is 14.1. The summed E-state index contributed by atoms with van der Waals surface area (Å²) in [5, 5.41) is 3.36. The molecule has 1 aromatic rings. The van der Waals surface area contributed by atoms with E-state index in [1.54, 1.807) is 0 Å². The standard InChI is InChI=1S/C16H27BrN2/c1-4-9-19(10-5-2)13-15-8-7-14(11-16(15)17)12-18-6-3/h7-8,11,18H,4-6,9-10,12-13H2,1-3H3. The molecule has 0 aromatic heterocycles. The van der Waals surface area contributed by atoms with Crippen molar-refractivity contribution in [3.8, 4) is 0 Å². The Hall–Kier alpha value is -0.380. The van der Waals surface area contributed by atoms with Crippen LogP contribution in [0.2, 0.25) is 0 Å². The van der Waals surface area contributed by atoms with Gasteiger partial charge in [0, 0.05) is 17.6 Å². The third kappa shape index (κ3) is 6.07. The van der Waals surface area contributed by atoms with Gasteiger partial charge in [-0.05, 0) is 49.7 Å². The molecular formula is C16H27BrN2. The monoisotopic (exact) mass is 326 g/mol. The van der Waals surface area contributed by atoms with E-state index < -0.39 is 0 Å². The molecule has 0 amide bonds. The average molecular weight is 327 g/mol. The third-order valence-electron chi connectivity index (χ3n) is 3.17. The molecule has 0 heterocycles. The SMILES string of the molecule is CCCN(CCC)Cc1ccc(CNCC)cc1Br. The second-order valence-corrected chi connectivity index (χ2v) is 5.84. The Morgan fingerprint density at radius 2 is 1.79 bits per heavy atom. The van der Waals surface area contributed by atoms with E-state index in [1.807, 2.05) is 0 Å². The molecule has 0 saturated carbocycles. The first kappa shape index (κ1) is 16.7. The fourth-order valence-electron chi connectivity index (χ4n) is 2.24. The van der Waals surface area contributed by atoms with Gasteiger partial charge in [0.2, 0.25) is 0 Å². The molecule has 19 heavy (non-hydrogen) atoms. The van der Waals surface area contributed by atoms with E-state index in [0.717, 1.165) is 19.6 Å². The van der Waals surface area contributed by atoms with Crippen LogP contribution in [0.25, 0.3) is 0 Å². The molecule has 0 saturated heterocycles. The molecule has 0 aliphatic heterocycles. The van der Waals surface area contributed by atoms with Crippen molar-refractivity contribution in [2.24, 2.45) is 0 Å². The van der Waals surface area contributed by atoms with Gasteiger partial charge < -0.3 is 5.32 Å². The first-order chi connectivity index (χ1) is 9.21. The zero-order valence-electron chi connectivity index (χ0n) is 12.5. The second kappa shape index (κ2) is 9.51. The molecule has 0 aliphatic rings. The number of hydrogen-bond donors (Lipinski definition) is 1. The Balaban J connectivity index is 2.66. The summed E-state index contributed by atoms with van der Waals surface area (Å²) >= 11 is 3.72. The first-order valence-electron chi connectivity index (χ1n) is 7.41. The lowest BCUT2D eigenvalue weighted by Gasteiger charge is -2.22. The summed E-state index contributed by atoms with van der Waals surface area (Å²) in [4.78, 5) is 2.53. The van der Waals surface area contributed by atoms with Crippen molar-refractivity contribution in [1.29, 1.82) is 0 Å². The van der Waals surface area contributed by atoms with Crippen LogP contribution in [-0.2, 0) is 13.1 Å². The van der Waals surface area contributed by atoms with E-state index in [9.17, 15) is 0 Å². The van der Waals surface area contributed by atoms with Crippen LogP contribution in [0.3, 0.4) is 0 Å². The van der Waals surface area contributed by atoms with Crippen molar-refractivity contribution in [2.75, 3.05) is 19.6 Å². The molecule has 3 heteroatoms. The molecule has 2 nitrogen and oxygen atoms in total. The largest absolute Gasteiger partial charge is 0.313 e. The summed E-state index contributed by atoms with van der Waals surface area (Å²) in [5.74, 6) is 0. The molecule has 0 atom stereocenters. The van der Waals surface area contributed by atoms with Crippen LogP contribution in [0, 0.1) is 0 Å². The summed E-state index contributed by atoms with van der Waals surface area (Å²) < 4.78 is 1.24. The first-order valence-corrected chi connectivity index (χ1v) is 8.20. The Morgan fingerprint density at radius 1 is 1.11 bits per heavy atom. The topological polar surface area (TPSA) is 15.3 Å². The molecule has 108 valence electrons. The summed E-state index contributed by atoms with van der Waals surface area (Å²) in [5.41, 5.74) is 2.73. The highest BCUT2D eigenvalue weighted by atomic mass is 79.9. The summed E-state index contributed by atoms with van der Waals surface area (Å²) in [7, 11) is 0. The lowest BCUT2D eigenvalue weighted by molar-refractivity contribution is 0.266. The summed E-state index contributed by atoms with van der Waals surface area (Å²) in [6.07, 6.45) is 2.44. The van der Waals surface area contributed by atoms with Crippen LogP contribution in [0.4, 0.5) is 0 Å². The van der Waals surface area contributed by atoms with Gasteiger partial charge in [0.1, 0.15) is 0 Å². The fraction of sp³-hybridized carbons (Fsp3) is 0.625. The molecule has 0 bridgehead atoms. The van der Waals surface area contributed by atoms with Gasteiger partial charge >= 0.3 is 0 Å². The highest BCUT2D eigenvalue weighted by Crippen LogP contribution is 2.20. The van der Waals surface area contributed by atoms with Gasteiger partial charge in [-0.15, -0.1) is 0 Å². The van der Waals surface area contributed by atoms with Crippen molar-refractivity contribution >= 4 is 15.9 Å². The normalized spacial score (nSPS) is 11.2. The number of nitrogens with zero attached hydrogens (tertiary/aromatic N) is 1. The number of hydrogen-bond acceptors (Lipinski definition) is 2. The number of halogens is 1. The molecule has 0 unspecified atom stereocenters. The maximum atomic E-state index is 3.72. The maximum Gasteiger partial charge on any atom is 0.0244 e. The van der Waals surface area contributed by atoms with E-state index in [2.05, 4.69) is 65.1 Å². The highest BCUT2D eigenvalue weighted by Gasteiger charge is 2.07. The Morgan fingerprint density at radius 3 is 2.32 bits per heavy atom. The molecule has 1 aromatic carbocycles. The minimum Gasteiger partial charge on any atom is -0.313 e. The van der Waals surface area contributed by atoms with Crippen LogP contribution in [0.5, 0.6) is 0 Å². The Labute approximate surface area is 126 Å². The molecule has 1 rings (SSSR count). The van der Waals surface area contributed by atoms with Gasteiger partial charge in [0.05, 0.1) is 0 Å². The number of benzene rings is 1. The number of rotatable bonds is 9. The number of nitrogens with one attached hydrogen (secondary N) is 1. The summed E-state index contributed by atoms with van der Waals surface area (Å²) in [6, 6.07) is 6.74. The summed E-state index contributed by atoms with van der Waals surface area (Å²) in [6.45, 7) is 12.0. The van der Waals surface area contributed by atoms with E-state index in [1.165, 1.54) is 41.5 Å². The fourth-order valence-corrected chi connectivity index (χ4v) is 2.79. The minimum absolute atomic E-state index is 0.947. The van der Waals surface area contributed by atoms with Gasteiger partial charge in [-0.25, -0.2) is 0 Å². The van der Waals surface area contributed by atoms with Gasteiger partial charge in [-0.1, -0.05) is 48.8 Å². The molecule has 1 N–H and O–H groups in total. The predicted octanol–water partition coefficient (Wildman–Crippen LogP) is 4.18. The minimum atomic E-state index is 0.947. The van der Waals surface area contributed by atoms with Crippen molar-refractivity contribution < 1.29 is 0 Å². The highest BCUT2D eigenvalue weighted by molar-refractivity contribution is 9.10. The molecule has 0 fully saturated rings. The third-order valence-corrected chi connectivity index (χ3v) is 3.91. The smallest absolute Gasteiger partial charge is 0.0244 e. The van der Waals surface area contributed by atoms with Crippen LogP contribution in [-0.4, -0.2) is 24.5 Å². The van der Waals surface area contributed by atoms with Crippen molar-refractivity contribution in [2.45, 2.75) is 46.7 Å². The molecular weight excluding hydrogens is 300 g/mol. The van der Waals surface area contributed by atoms with E-state index in [-0.39, 0.29) is 0 Å². The Kier molecular flexibility index (Phi) is 8.35. The second-order valence-electron chi connectivity index (χ2n) is 4.98. The van der Waals surface area contributed by atoms with Gasteiger partial charge in [0.25, 0.3) is 0 Å². The maximum absolute atomic E-state index is 3.72. The van der Waals surface area contributed by atoms with Crippen molar-refractivity contribution in [1.82, 2.24) is 10.2 Å². The van der Waals surface area contributed by atoms with Gasteiger partial charge in [0.15, 0.2) is 0 Å². The van der Waals surface area contributed by atoms with Gasteiger partial charge in [-0.2, -0.15) is 0 Å². The molecule has 0 spiro atoms. The lowest BCUT2D eigenvalue weighted by atomic mass is 10.1. The Bertz CT molecular complexity index is 360. The van der Waals surface area contributed by atoms with Crippen LogP contribution >= 0.6 is 15.9 Å². The van der Waals surface area contributed by atoms with Crippen molar-refractivity contribution in [3.05, 3.63) is 33.8 Å². The zero-order valence-corrected chi connectivity index (χ0v) is 14.1. The van der Waals surface area contributed by atoms with Crippen LogP contribution in [0.1, 0.15) is 44.7 Å². The predicted molar refractivity (Wildman–Crippen MR) is 87.4 cm³/mol. The van der Waals surface area contributed by atoms with Crippen LogP contribution < -0.4 is 5.32 Å². The van der Waals surface area contributed by atoms with E-state index >= 15 is 0 Å². The van der Waals surface area contributed by atoms with Gasteiger partial charge in [-0.3, -0.25) is 4.90 Å². The van der Waals surface area contributed by atoms with Crippen LogP contribution in [0.15, 0.2) is 22.7 Å². The van der Waals surface area contributed by atoms with Crippen molar-refractivity contribution in [3.63, 3.8) is 0 Å². The molecule has 0 radical (unpaired) electrons. The quantitative estimate of drug-likeness (QED) is 0.732. The average Bonchev–Trinajstić information content (AvgIpc) is 2.39. The molecule has 0 aliphatic carbocycles. The lowest BCUT2D eigenvalue weighted by Crippen LogP contribution is -2.25. The van der Waals surface area contributed by atoms with E-state index in [4.69, 9.17) is 0 Å².